The van der Waals surface area contributed by atoms with E-state index in [2.05, 4.69) is 37.7 Å². The topological polar surface area (TPSA) is 58.1 Å². The summed E-state index contributed by atoms with van der Waals surface area (Å²) in [6.45, 7) is 2.23. The van der Waals surface area contributed by atoms with Crippen molar-refractivity contribution in [3.8, 4) is 0 Å². The first kappa shape index (κ1) is 16.0. The summed E-state index contributed by atoms with van der Waals surface area (Å²) in [5, 5.41) is 6.33. The standard InChI is InChI=1S/C19H20N4OS/c24-19(22-13-15-3-1-2-8-20-15)14-5-10-23(11-6-14)18-16-7-12-25-17(16)4-9-21-18/h1-4,7-9,12,14H,5-6,10-11,13H2,(H,22,24). The number of rotatable bonds is 4. The van der Waals surface area contributed by atoms with Gasteiger partial charge < -0.3 is 10.2 Å². The maximum atomic E-state index is 12.4. The quantitative estimate of drug-likeness (QED) is 0.783. The van der Waals surface area contributed by atoms with Gasteiger partial charge in [0.1, 0.15) is 5.82 Å². The second-order valence-corrected chi connectivity index (χ2v) is 7.21. The molecular formula is C19H20N4OS. The Balaban J connectivity index is 1.35. The van der Waals surface area contributed by atoms with Crippen molar-refractivity contribution in [1.82, 2.24) is 15.3 Å². The molecular weight excluding hydrogens is 332 g/mol. The van der Waals surface area contributed by atoms with E-state index in [0.717, 1.165) is 37.4 Å². The summed E-state index contributed by atoms with van der Waals surface area (Å²) in [4.78, 5) is 23.5. The highest BCUT2D eigenvalue weighted by atomic mass is 32.1. The highest BCUT2D eigenvalue weighted by Gasteiger charge is 2.26. The van der Waals surface area contributed by atoms with Gasteiger partial charge in [0.15, 0.2) is 0 Å². The van der Waals surface area contributed by atoms with Crippen molar-refractivity contribution < 1.29 is 4.79 Å². The van der Waals surface area contributed by atoms with Gasteiger partial charge in [0.05, 0.1) is 12.2 Å². The Morgan fingerprint density at radius 3 is 2.84 bits per heavy atom. The highest BCUT2D eigenvalue weighted by molar-refractivity contribution is 7.17. The normalized spacial score (nSPS) is 15.4. The third kappa shape index (κ3) is 3.49. The van der Waals surface area contributed by atoms with Crippen LogP contribution in [0, 0.1) is 5.92 Å². The van der Waals surface area contributed by atoms with Crippen LogP contribution in [0.2, 0.25) is 0 Å². The monoisotopic (exact) mass is 352 g/mol. The molecule has 1 N–H and O–H groups in total. The third-order valence-corrected chi connectivity index (χ3v) is 5.58. The van der Waals surface area contributed by atoms with Crippen LogP contribution in [0.15, 0.2) is 48.1 Å². The number of hydrogen-bond donors (Lipinski definition) is 1. The zero-order valence-electron chi connectivity index (χ0n) is 13.9. The van der Waals surface area contributed by atoms with E-state index < -0.39 is 0 Å². The molecule has 4 rings (SSSR count). The minimum atomic E-state index is 0.0710. The average molecular weight is 352 g/mol. The molecule has 1 amide bonds. The Bertz CT molecular complexity index is 856. The van der Waals surface area contributed by atoms with Crippen molar-refractivity contribution in [2.24, 2.45) is 5.92 Å². The molecule has 1 aliphatic rings. The Morgan fingerprint density at radius 2 is 2.04 bits per heavy atom. The summed E-state index contributed by atoms with van der Waals surface area (Å²) in [7, 11) is 0. The van der Waals surface area contributed by atoms with Crippen molar-refractivity contribution >= 4 is 33.1 Å². The van der Waals surface area contributed by atoms with Crippen molar-refractivity contribution in [3.05, 3.63) is 53.8 Å². The molecule has 128 valence electrons. The molecule has 0 saturated carbocycles. The second kappa shape index (κ2) is 7.19. The number of nitrogens with zero attached hydrogens (tertiary/aromatic N) is 3. The van der Waals surface area contributed by atoms with Crippen LogP contribution in [0.5, 0.6) is 0 Å². The van der Waals surface area contributed by atoms with Crippen molar-refractivity contribution in [3.63, 3.8) is 0 Å². The minimum absolute atomic E-state index is 0.0710. The van der Waals surface area contributed by atoms with E-state index in [9.17, 15) is 4.79 Å². The first-order chi connectivity index (χ1) is 12.3. The molecule has 6 heteroatoms. The lowest BCUT2D eigenvalue weighted by molar-refractivity contribution is -0.125. The predicted molar refractivity (Wildman–Crippen MR) is 101 cm³/mol. The second-order valence-electron chi connectivity index (χ2n) is 6.27. The van der Waals surface area contributed by atoms with Gasteiger partial charge in [-0.15, -0.1) is 11.3 Å². The van der Waals surface area contributed by atoms with E-state index in [1.54, 1.807) is 17.5 Å². The molecule has 0 radical (unpaired) electrons. The first-order valence-electron chi connectivity index (χ1n) is 8.56. The van der Waals surface area contributed by atoms with Gasteiger partial charge in [-0.3, -0.25) is 9.78 Å². The van der Waals surface area contributed by atoms with Crippen LogP contribution in [0.3, 0.4) is 0 Å². The molecule has 3 aromatic heterocycles. The van der Waals surface area contributed by atoms with Crippen molar-refractivity contribution in [1.29, 1.82) is 0 Å². The van der Waals surface area contributed by atoms with E-state index in [0.29, 0.717) is 6.54 Å². The molecule has 25 heavy (non-hydrogen) atoms. The zero-order valence-corrected chi connectivity index (χ0v) is 14.7. The summed E-state index contributed by atoms with van der Waals surface area (Å²) in [5.74, 6) is 1.25. The Labute approximate surface area is 150 Å². The molecule has 0 spiro atoms. The van der Waals surface area contributed by atoms with Gasteiger partial charge in [-0.25, -0.2) is 4.98 Å². The molecule has 0 bridgehead atoms. The number of anilines is 1. The number of amides is 1. The van der Waals surface area contributed by atoms with Crippen LogP contribution in [-0.4, -0.2) is 29.0 Å². The zero-order chi connectivity index (χ0) is 17.1. The van der Waals surface area contributed by atoms with Crippen LogP contribution < -0.4 is 10.2 Å². The minimum Gasteiger partial charge on any atom is -0.356 e. The smallest absolute Gasteiger partial charge is 0.223 e. The summed E-state index contributed by atoms with van der Waals surface area (Å²) >= 11 is 1.74. The largest absolute Gasteiger partial charge is 0.356 e. The molecule has 0 unspecified atom stereocenters. The van der Waals surface area contributed by atoms with Gasteiger partial charge in [-0.1, -0.05) is 6.07 Å². The van der Waals surface area contributed by atoms with Crippen LogP contribution >= 0.6 is 11.3 Å². The SMILES string of the molecule is O=C(NCc1ccccn1)C1CCN(c2nccc3sccc23)CC1. The van der Waals surface area contributed by atoms with Crippen LogP contribution in [0.4, 0.5) is 5.82 Å². The summed E-state index contributed by atoms with van der Waals surface area (Å²) in [6, 6.07) is 9.93. The Morgan fingerprint density at radius 1 is 1.16 bits per heavy atom. The molecule has 0 aliphatic carbocycles. The van der Waals surface area contributed by atoms with E-state index in [1.165, 1.54) is 10.1 Å². The lowest BCUT2D eigenvalue weighted by Crippen LogP contribution is -2.40. The van der Waals surface area contributed by atoms with Gasteiger partial charge in [0.25, 0.3) is 0 Å². The van der Waals surface area contributed by atoms with Gasteiger partial charge in [0, 0.05) is 41.5 Å². The molecule has 5 nitrogen and oxygen atoms in total. The number of aromatic nitrogens is 2. The number of hydrogen-bond acceptors (Lipinski definition) is 5. The Hall–Kier alpha value is -2.47. The van der Waals surface area contributed by atoms with Gasteiger partial charge in [0.2, 0.25) is 5.91 Å². The van der Waals surface area contributed by atoms with Crippen LogP contribution in [0.25, 0.3) is 10.1 Å². The van der Waals surface area contributed by atoms with E-state index in [1.807, 2.05) is 24.4 Å². The number of pyridine rings is 2. The van der Waals surface area contributed by atoms with Gasteiger partial charge >= 0.3 is 0 Å². The predicted octanol–water partition coefficient (Wildman–Crippen LogP) is 3.22. The van der Waals surface area contributed by atoms with E-state index in [-0.39, 0.29) is 11.8 Å². The van der Waals surface area contributed by atoms with Crippen molar-refractivity contribution in [2.45, 2.75) is 19.4 Å². The van der Waals surface area contributed by atoms with Crippen LogP contribution in [-0.2, 0) is 11.3 Å². The molecule has 3 aromatic rings. The number of piperidine rings is 1. The van der Waals surface area contributed by atoms with E-state index >= 15 is 0 Å². The van der Waals surface area contributed by atoms with Gasteiger partial charge in [-0.05, 0) is 42.5 Å². The number of nitrogens with one attached hydrogen (secondary N) is 1. The fourth-order valence-electron chi connectivity index (χ4n) is 3.31. The highest BCUT2D eigenvalue weighted by Crippen LogP contribution is 2.31. The Kier molecular flexibility index (Phi) is 4.61. The number of fused-ring (bicyclic) bond motifs is 1. The van der Waals surface area contributed by atoms with Crippen LogP contribution in [0.1, 0.15) is 18.5 Å². The van der Waals surface area contributed by atoms with Gasteiger partial charge in [-0.2, -0.15) is 0 Å². The van der Waals surface area contributed by atoms with Crippen molar-refractivity contribution in [2.75, 3.05) is 18.0 Å². The lowest BCUT2D eigenvalue weighted by Gasteiger charge is -2.32. The summed E-state index contributed by atoms with van der Waals surface area (Å²) in [5.41, 5.74) is 0.890. The molecule has 4 heterocycles. The molecule has 0 atom stereocenters. The maximum Gasteiger partial charge on any atom is 0.223 e. The number of thiophene rings is 1. The molecule has 1 aliphatic heterocycles. The molecule has 1 fully saturated rings. The fourth-order valence-corrected chi connectivity index (χ4v) is 4.09. The average Bonchev–Trinajstić information content (AvgIpc) is 3.16. The maximum absolute atomic E-state index is 12.4. The number of carbonyl (C=O) groups excluding carboxylic acids is 1. The molecule has 0 aromatic carbocycles. The third-order valence-electron chi connectivity index (χ3n) is 4.69. The summed E-state index contributed by atoms with van der Waals surface area (Å²) in [6.07, 6.45) is 5.34. The summed E-state index contributed by atoms with van der Waals surface area (Å²) < 4.78 is 1.26. The fraction of sp³-hybridized carbons (Fsp3) is 0.316. The first-order valence-corrected chi connectivity index (χ1v) is 9.44. The number of carbonyl (C=O) groups is 1. The lowest BCUT2D eigenvalue weighted by atomic mass is 9.95. The molecule has 1 saturated heterocycles. The van der Waals surface area contributed by atoms with E-state index in [4.69, 9.17) is 0 Å².